The molecule has 0 aliphatic heterocycles. The lowest BCUT2D eigenvalue weighted by atomic mass is 9.90. The van der Waals surface area contributed by atoms with Gasteiger partial charge < -0.3 is 0 Å². The Morgan fingerprint density at radius 3 is 2.28 bits per heavy atom. The third kappa shape index (κ3) is 2.99. The summed E-state index contributed by atoms with van der Waals surface area (Å²) in [6, 6.07) is 17.9. The fraction of sp³-hybridized carbons (Fsp3) is 0.188. The predicted molar refractivity (Wildman–Crippen MR) is 74.9 cm³/mol. The van der Waals surface area contributed by atoms with E-state index in [1.165, 1.54) is 0 Å². The lowest BCUT2D eigenvalue weighted by Crippen LogP contribution is -2.11. The van der Waals surface area contributed by atoms with Crippen molar-refractivity contribution < 1.29 is 4.79 Å². The average Bonchev–Trinajstić information content (AvgIpc) is 2.38. The normalized spacial score (nSPS) is 12.1. The predicted octanol–water partition coefficient (Wildman–Crippen LogP) is 4.09. The molecule has 0 aromatic heterocycles. The maximum absolute atomic E-state index is 11.7. The van der Waals surface area contributed by atoms with E-state index in [2.05, 4.69) is 0 Å². The van der Waals surface area contributed by atoms with Gasteiger partial charge in [0, 0.05) is 0 Å². The lowest BCUT2D eigenvalue weighted by molar-refractivity contribution is -0.113. The van der Waals surface area contributed by atoms with E-state index in [9.17, 15) is 4.79 Å². The highest BCUT2D eigenvalue weighted by molar-refractivity contribution is 6.64. The van der Waals surface area contributed by atoms with Gasteiger partial charge in [-0.25, -0.2) is 0 Å². The van der Waals surface area contributed by atoms with Crippen LogP contribution in [0.4, 0.5) is 0 Å². The summed E-state index contributed by atoms with van der Waals surface area (Å²) >= 11 is 5.76. The van der Waals surface area contributed by atoms with Crippen molar-refractivity contribution in [2.75, 3.05) is 0 Å². The Bertz CT molecular complexity index is 534. The molecule has 0 N–H and O–H groups in total. The summed E-state index contributed by atoms with van der Waals surface area (Å²) < 4.78 is 0. The summed E-state index contributed by atoms with van der Waals surface area (Å²) in [5, 5.41) is -0.298. The van der Waals surface area contributed by atoms with E-state index in [1.807, 2.05) is 61.5 Å². The monoisotopic (exact) mass is 258 g/mol. The van der Waals surface area contributed by atoms with Crippen LogP contribution >= 0.6 is 11.6 Å². The van der Waals surface area contributed by atoms with Gasteiger partial charge in [0.05, 0.1) is 5.92 Å². The van der Waals surface area contributed by atoms with Crippen LogP contribution in [-0.2, 0) is 11.2 Å². The highest BCUT2D eigenvalue weighted by Crippen LogP contribution is 2.26. The van der Waals surface area contributed by atoms with E-state index < -0.39 is 0 Å². The van der Waals surface area contributed by atoms with E-state index in [0.717, 1.165) is 16.7 Å². The maximum atomic E-state index is 11.7. The molecule has 1 atom stereocenters. The minimum Gasteiger partial charge on any atom is -0.281 e. The molecule has 0 radical (unpaired) electrons. The number of hydrogen-bond acceptors (Lipinski definition) is 1. The Labute approximate surface area is 112 Å². The van der Waals surface area contributed by atoms with Crippen molar-refractivity contribution >= 4 is 16.8 Å². The van der Waals surface area contributed by atoms with Crippen molar-refractivity contribution in [2.24, 2.45) is 0 Å². The minimum atomic E-state index is -0.298. The minimum absolute atomic E-state index is 0.268. The summed E-state index contributed by atoms with van der Waals surface area (Å²) in [6.07, 6.45) is 0.647. The van der Waals surface area contributed by atoms with E-state index in [0.29, 0.717) is 6.42 Å². The first-order valence-corrected chi connectivity index (χ1v) is 6.35. The highest BCUT2D eigenvalue weighted by atomic mass is 35.5. The van der Waals surface area contributed by atoms with Gasteiger partial charge in [0.15, 0.2) is 0 Å². The average molecular weight is 259 g/mol. The quantitative estimate of drug-likeness (QED) is 0.755. The Morgan fingerprint density at radius 1 is 1.06 bits per heavy atom. The first kappa shape index (κ1) is 12.8. The molecule has 0 saturated carbocycles. The zero-order valence-corrected chi connectivity index (χ0v) is 11.0. The highest BCUT2D eigenvalue weighted by Gasteiger charge is 2.20. The van der Waals surface area contributed by atoms with Crippen LogP contribution in [-0.4, -0.2) is 5.24 Å². The maximum Gasteiger partial charge on any atom is 0.229 e. The Kier molecular flexibility index (Phi) is 4.16. The SMILES string of the molecule is Cc1ccccc1C(Cc1ccccc1)C(=O)Cl. The fourth-order valence-electron chi connectivity index (χ4n) is 2.14. The number of aryl methyl sites for hydroxylation is 1. The van der Waals surface area contributed by atoms with Crippen LogP contribution < -0.4 is 0 Å². The van der Waals surface area contributed by atoms with Crippen molar-refractivity contribution in [3.05, 3.63) is 71.3 Å². The van der Waals surface area contributed by atoms with Crippen LogP contribution in [0, 0.1) is 6.92 Å². The Balaban J connectivity index is 2.30. The third-order valence-corrected chi connectivity index (χ3v) is 3.38. The van der Waals surface area contributed by atoms with Crippen LogP contribution in [0.2, 0.25) is 0 Å². The zero-order valence-electron chi connectivity index (χ0n) is 10.3. The molecule has 0 saturated heterocycles. The van der Waals surface area contributed by atoms with Gasteiger partial charge in [-0.1, -0.05) is 54.6 Å². The van der Waals surface area contributed by atoms with Crippen LogP contribution in [0.15, 0.2) is 54.6 Å². The topological polar surface area (TPSA) is 17.1 Å². The van der Waals surface area contributed by atoms with Crippen molar-refractivity contribution in [3.63, 3.8) is 0 Å². The molecule has 0 bridgehead atoms. The number of rotatable bonds is 4. The van der Waals surface area contributed by atoms with Crippen molar-refractivity contribution in [2.45, 2.75) is 19.3 Å². The summed E-state index contributed by atoms with van der Waals surface area (Å²) in [6.45, 7) is 2.01. The van der Waals surface area contributed by atoms with Gasteiger partial charge in [-0.15, -0.1) is 0 Å². The molecule has 2 aromatic rings. The fourth-order valence-corrected chi connectivity index (χ4v) is 2.33. The van der Waals surface area contributed by atoms with E-state index in [-0.39, 0.29) is 11.2 Å². The van der Waals surface area contributed by atoms with Gasteiger partial charge >= 0.3 is 0 Å². The van der Waals surface area contributed by atoms with Crippen LogP contribution in [0.5, 0.6) is 0 Å². The summed E-state index contributed by atoms with van der Waals surface area (Å²) in [7, 11) is 0. The summed E-state index contributed by atoms with van der Waals surface area (Å²) in [5.74, 6) is -0.268. The summed E-state index contributed by atoms with van der Waals surface area (Å²) in [5.41, 5.74) is 3.24. The van der Waals surface area contributed by atoms with Gasteiger partial charge in [0.25, 0.3) is 0 Å². The van der Waals surface area contributed by atoms with Gasteiger partial charge in [0.2, 0.25) is 5.24 Å². The number of halogens is 1. The van der Waals surface area contributed by atoms with Crippen molar-refractivity contribution in [1.82, 2.24) is 0 Å². The molecule has 1 nitrogen and oxygen atoms in total. The number of benzene rings is 2. The van der Waals surface area contributed by atoms with Gasteiger partial charge in [-0.3, -0.25) is 4.79 Å². The second kappa shape index (κ2) is 5.83. The molecule has 18 heavy (non-hydrogen) atoms. The second-order valence-electron chi connectivity index (χ2n) is 4.40. The zero-order chi connectivity index (χ0) is 13.0. The molecule has 2 aromatic carbocycles. The van der Waals surface area contributed by atoms with E-state index >= 15 is 0 Å². The molecular weight excluding hydrogens is 244 g/mol. The van der Waals surface area contributed by atoms with Gasteiger partial charge in [-0.05, 0) is 41.6 Å². The first-order valence-electron chi connectivity index (χ1n) is 5.97. The van der Waals surface area contributed by atoms with Crippen LogP contribution in [0.25, 0.3) is 0 Å². The molecule has 1 unspecified atom stereocenters. The van der Waals surface area contributed by atoms with Gasteiger partial charge in [-0.2, -0.15) is 0 Å². The number of carbonyl (C=O) groups excluding carboxylic acids is 1. The largest absolute Gasteiger partial charge is 0.281 e. The smallest absolute Gasteiger partial charge is 0.229 e. The molecular formula is C16H15ClO. The molecule has 2 heteroatoms. The van der Waals surface area contributed by atoms with E-state index in [4.69, 9.17) is 11.6 Å². The number of carbonyl (C=O) groups is 1. The Hall–Kier alpha value is -1.60. The molecule has 0 heterocycles. The number of hydrogen-bond donors (Lipinski definition) is 0. The lowest BCUT2D eigenvalue weighted by Gasteiger charge is -2.15. The molecule has 92 valence electrons. The molecule has 0 aliphatic rings. The molecule has 0 spiro atoms. The molecule has 0 aliphatic carbocycles. The van der Waals surface area contributed by atoms with Crippen molar-refractivity contribution in [3.8, 4) is 0 Å². The Morgan fingerprint density at radius 2 is 1.67 bits per heavy atom. The third-order valence-electron chi connectivity index (χ3n) is 3.12. The van der Waals surface area contributed by atoms with E-state index in [1.54, 1.807) is 0 Å². The summed E-state index contributed by atoms with van der Waals surface area (Å²) in [4.78, 5) is 11.7. The van der Waals surface area contributed by atoms with Crippen molar-refractivity contribution in [1.29, 1.82) is 0 Å². The van der Waals surface area contributed by atoms with Crippen LogP contribution in [0.1, 0.15) is 22.6 Å². The first-order chi connectivity index (χ1) is 8.68. The molecule has 0 fully saturated rings. The molecule has 0 amide bonds. The molecule has 2 rings (SSSR count). The van der Waals surface area contributed by atoms with Crippen LogP contribution in [0.3, 0.4) is 0 Å². The second-order valence-corrected chi connectivity index (χ2v) is 4.78. The standard InChI is InChI=1S/C16H15ClO/c1-12-7-5-6-10-14(12)15(16(17)18)11-13-8-3-2-4-9-13/h2-10,15H,11H2,1H3. The van der Waals surface area contributed by atoms with Gasteiger partial charge in [0.1, 0.15) is 0 Å².